The topological polar surface area (TPSA) is 44.5 Å². The number of hydrogen-bond donors (Lipinski definition) is 1. The van der Waals surface area contributed by atoms with Crippen LogP contribution in [0.25, 0.3) is 0 Å². The van der Waals surface area contributed by atoms with Gasteiger partial charge >= 0.3 is 0 Å². The summed E-state index contributed by atoms with van der Waals surface area (Å²) in [7, 11) is 0. The van der Waals surface area contributed by atoms with Gasteiger partial charge in [0.05, 0.1) is 0 Å². The molecule has 1 aromatic rings. The van der Waals surface area contributed by atoms with Crippen molar-refractivity contribution in [2.45, 2.75) is 24.7 Å². The van der Waals surface area contributed by atoms with Crippen LogP contribution in [0.4, 0.5) is 0 Å². The van der Waals surface area contributed by atoms with Crippen LogP contribution in [0.3, 0.4) is 0 Å². The lowest BCUT2D eigenvalue weighted by Gasteiger charge is -2.34. The minimum absolute atomic E-state index is 0.0254. The third-order valence-corrected chi connectivity index (χ3v) is 3.16. The Bertz CT molecular complexity index is 366. The van der Waals surface area contributed by atoms with Gasteiger partial charge in [-0.1, -0.05) is 24.3 Å². The lowest BCUT2D eigenvalue weighted by molar-refractivity contribution is -0.0134. The number of fused-ring (bicyclic) bond motifs is 3. The quantitative estimate of drug-likeness (QED) is 0.668. The Morgan fingerprint density at radius 2 is 2.21 bits per heavy atom. The Morgan fingerprint density at radius 1 is 1.36 bits per heavy atom. The van der Waals surface area contributed by atoms with Crippen molar-refractivity contribution in [1.29, 1.82) is 0 Å². The molecule has 1 saturated heterocycles. The van der Waals surface area contributed by atoms with Crippen molar-refractivity contribution in [3.05, 3.63) is 35.4 Å². The van der Waals surface area contributed by atoms with E-state index in [0.29, 0.717) is 6.79 Å². The van der Waals surface area contributed by atoms with Crippen LogP contribution in [0.5, 0.6) is 0 Å². The number of aryl methyl sites for hydroxylation is 1. The Morgan fingerprint density at radius 3 is 3.14 bits per heavy atom. The normalized spacial score (nSPS) is 35.1. The second-order valence-corrected chi connectivity index (χ2v) is 3.91. The first-order chi connectivity index (χ1) is 6.81. The first kappa shape index (κ1) is 8.41. The van der Waals surface area contributed by atoms with Gasteiger partial charge in [-0.3, -0.25) is 5.73 Å². The summed E-state index contributed by atoms with van der Waals surface area (Å²) in [6, 6.07) is 8.19. The summed E-state index contributed by atoms with van der Waals surface area (Å²) in [4.78, 5) is 0. The Hall–Kier alpha value is -0.900. The number of nitrogens with two attached hydrogens (primary N) is 1. The highest BCUT2D eigenvalue weighted by molar-refractivity contribution is 5.36. The molecule has 2 atom stereocenters. The molecule has 2 N–H and O–H groups in total. The predicted octanol–water partition coefficient (Wildman–Crippen LogP) is 1.12. The second-order valence-electron chi connectivity index (χ2n) is 3.91. The SMILES string of the molecule is NC12OCOC1CCc1ccccc12. The molecule has 1 fully saturated rings. The molecule has 74 valence electrons. The lowest BCUT2D eigenvalue weighted by Crippen LogP contribution is -2.48. The van der Waals surface area contributed by atoms with Gasteiger partial charge in [0, 0.05) is 5.56 Å². The largest absolute Gasteiger partial charge is 0.347 e. The maximum Gasteiger partial charge on any atom is 0.172 e. The van der Waals surface area contributed by atoms with E-state index >= 15 is 0 Å². The van der Waals surface area contributed by atoms with Crippen molar-refractivity contribution in [3.8, 4) is 0 Å². The molecule has 2 aliphatic rings. The first-order valence-electron chi connectivity index (χ1n) is 4.93. The molecule has 0 amide bonds. The van der Waals surface area contributed by atoms with Gasteiger partial charge in [-0.2, -0.15) is 0 Å². The summed E-state index contributed by atoms with van der Waals surface area (Å²) in [6.45, 7) is 0.315. The zero-order valence-electron chi connectivity index (χ0n) is 7.90. The van der Waals surface area contributed by atoms with Crippen molar-refractivity contribution in [2.75, 3.05) is 6.79 Å². The minimum atomic E-state index is -0.700. The van der Waals surface area contributed by atoms with Crippen LogP contribution >= 0.6 is 0 Å². The van der Waals surface area contributed by atoms with E-state index in [1.165, 1.54) is 5.56 Å². The average Bonchev–Trinajstić information content (AvgIpc) is 2.60. The number of rotatable bonds is 0. The van der Waals surface area contributed by atoms with Crippen molar-refractivity contribution in [1.82, 2.24) is 0 Å². The summed E-state index contributed by atoms with van der Waals surface area (Å²) in [5.74, 6) is 0. The Balaban J connectivity index is 2.15. The van der Waals surface area contributed by atoms with Gasteiger partial charge in [-0.25, -0.2) is 0 Å². The van der Waals surface area contributed by atoms with E-state index in [-0.39, 0.29) is 6.10 Å². The summed E-state index contributed by atoms with van der Waals surface area (Å²) in [5, 5.41) is 0. The molecule has 0 bridgehead atoms. The van der Waals surface area contributed by atoms with Crippen LogP contribution in [0.1, 0.15) is 17.5 Å². The van der Waals surface area contributed by atoms with Gasteiger partial charge in [0.15, 0.2) is 5.72 Å². The molecule has 1 heterocycles. The summed E-state index contributed by atoms with van der Waals surface area (Å²) >= 11 is 0. The fraction of sp³-hybridized carbons (Fsp3) is 0.455. The predicted molar refractivity (Wildman–Crippen MR) is 51.5 cm³/mol. The highest BCUT2D eigenvalue weighted by atomic mass is 16.7. The van der Waals surface area contributed by atoms with Gasteiger partial charge < -0.3 is 9.47 Å². The molecule has 0 radical (unpaired) electrons. The van der Waals surface area contributed by atoms with E-state index in [1.807, 2.05) is 18.2 Å². The Kier molecular flexibility index (Phi) is 1.68. The summed E-state index contributed by atoms with van der Waals surface area (Å²) in [6.07, 6.45) is 2.01. The smallest absolute Gasteiger partial charge is 0.172 e. The molecule has 2 unspecified atom stereocenters. The molecule has 3 heteroatoms. The van der Waals surface area contributed by atoms with Crippen LogP contribution in [-0.2, 0) is 21.6 Å². The number of hydrogen-bond acceptors (Lipinski definition) is 3. The van der Waals surface area contributed by atoms with E-state index in [2.05, 4.69) is 6.07 Å². The fourth-order valence-electron chi connectivity index (χ4n) is 2.39. The van der Waals surface area contributed by atoms with Crippen molar-refractivity contribution in [2.24, 2.45) is 5.73 Å². The minimum Gasteiger partial charge on any atom is -0.347 e. The number of benzene rings is 1. The van der Waals surface area contributed by atoms with E-state index in [0.717, 1.165) is 18.4 Å². The van der Waals surface area contributed by atoms with Crippen LogP contribution in [-0.4, -0.2) is 12.9 Å². The molecule has 1 aliphatic heterocycles. The zero-order valence-corrected chi connectivity index (χ0v) is 7.90. The molecule has 3 nitrogen and oxygen atoms in total. The standard InChI is InChI=1S/C11H13NO2/c12-11-9-4-2-1-3-8(9)5-6-10(11)13-7-14-11/h1-4,10H,5-7,12H2. The zero-order chi connectivity index (χ0) is 9.60. The van der Waals surface area contributed by atoms with Gasteiger partial charge in [-0.15, -0.1) is 0 Å². The van der Waals surface area contributed by atoms with Crippen LogP contribution < -0.4 is 5.73 Å². The van der Waals surface area contributed by atoms with E-state index in [9.17, 15) is 0 Å². The first-order valence-corrected chi connectivity index (χ1v) is 4.93. The van der Waals surface area contributed by atoms with Gasteiger partial charge in [-0.05, 0) is 18.4 Å². The third-order valence-electron chi connectivity index (χ3n) is 3.16. The van der Waals surface area contributed by atoms with Gasteiger partial charge in [0.2, 0.25) is 0 Å². The second kappa shape index (κ2) is 2.79. The van der Waals surface area contributed by atoms with Crippen molar-refractivity contribution < 1.29 is 9.47 Å². The summed E-state index contributed by atoms with van der Waals surface area (Å²) in [5.41, 5.74) is 7.91. The highest BCUT2D eigenvalue weighted by Crippen LogP contribution is 2.39. The maximum absolute atomic E-state index is 6.23. The van der Waals surface area contributed by atoms with Crippen LogP contribution in [0.15, 0.2) is 24.3 Å². The third kappa shape index (κ3) is 0.974. The monoisotopic (exact) mass is 191 g/mol. The molecular formula is C11H13NO2. The molecular weight excluding hydrogens is 178 g/mol. The van der Waals surface area contributed by atoms with Gasteiger partial charge in [0.25, 0.3) is 0 Å². The number of ether oxygens (including phenoxy) is 2. The van der Waals surface area contributed by atoms with Crippen LogP contribution in [0.2, 0.25) is 0 Å². The van der Waals surface area contributed by atoms with E-state index in [1.54, 1.807) is 0 Å². The molecule has 3 rings (SSSR count). The van der Waals surface area contributed by atoms with Crippen molar-refractivity contribution in [3.63, 3.8) is 0 Å². The molecule has 0 saturated carbocycles. The van der Waals surface area contributed by atoms with E-state index in [4.69, 9.17) is 15.2 Å². The van der Waals surface area contributed by atoms with Crippen LogP contribution in [0, 0.1) is 0 Å². The summed E-state index contributed by atoms with van der Waals surface area (Å²) < 4.78 is 11.0. The average molecular weight is 191 g/mol. The fourth-order valence-corrected chi connectivity index (χ4v) is 2.39. The van der Waals surface area contributed by atoms with Crippen molar-refractivity contribution >= 4 is 0 Å². The molecule has 1 aliphatic carbocycles. The molecule has 0 spiro atoms. The highest BCUT2D eigenvalue weighted by Gasteiger charge is 2.47. The maximum atomic E-state index is 6.23. The Labute approximate surface area is 82.8 Å². The lowest BCUT2D eigenvalue weighted by atomic mass is 9.83. The van der Waals surface area contributed by atoms with E-state index < -0.39 is 5.72 Å². The van der Waals surface area contributed by atoms with Gasteiger partial charge in [0.1, 0.15) is 12.9 Å². The molecule has 14 heavy (non-hydrogen) atoms. The molecule has 1 aromatic carbocycles. The molecule has 0 aromatic heterocycles.